The Morgan fingerprint density at radius 1 is 0.826 bits per heavy atom. The van der Waals surface area contributed by atoms with Crippen LogP contribution in [0, 0.1) is 0 Å². The first-order valence-electron chi connectivity index (χ1n) is 6.35. The van der Waals surface area contributed by atoms with Gasteiger partial charge < -0.3 is 10.5 Å². The smallest absolute Gasteiger partial charge is 0.406 e. The molecule has 23 heavy (non-hydrogen) atoms. The fourth-order valence-corrected chi connectivity index (χ4v) is 2.08. The molecule has 0 amide bonds. The van der Waals surface area contributed by atoms with Gasteiger partial charge in [-0.05, 0) is 29.3 Å². The van der Waals surface area contributed by atoms with E-state index in [0.29, 0.717) is 0 Å². The highest BCUT2D eigenvalue weighted by Gasteiger charge is 2.34. The Bertz CT molecular complexity index is 663. The Balaban J connectivity index is 2.30. The first-order chi connectivity index (χ1) is 10.6. The molecule has 0 aliphatic heterocycles. The van der Waals surface area contributed by atoms with Crippen LogP contribution >= 0.6 is 0 Å². The van der Waals surface area contributed by atoms with Gasteiger partial charge in [0.05, 0.1) is 11.6 Å². The zero-order chi connectivity index (χ0) is 17.3. The van der Waals surface area contributed by atoms with Gasteiger partial charge in [-0.15, -0.1) is 13.2 Å². The number of hydrogen-bond acceptors (Lipinski definition) is 2. The molecule has 0 unspecified atom stereocenters. The first-order valence-corrected chi connectivity index (χ1v) is 6.35. The van der Waals surface area contributed by atoms with Crippen LogP contribution in [0.15, 0.2) is 48.5 Å². The standard InChI is InChI=1S/C15H11F6NO/c16-14(17,18)12-4-2-1-3-11(12)13(22)9-5-7-10(8-6-9)23-15(19,20)21/h1-8,13H,22H2/t13-/m0/s1. The molecule has 0 bridgehead atoms. The van der Waals surface area contributed by atoms with E-state index in [1.165, 1.54) is 30.3 Å². The molecular formula is C15H11F6NO. The van der Waals surface area contributed by atoms with E-state index in [0.717, 1.165) is 18.2 Å². The minimum Gasteiger partial charge on any atom is -0.406 e. The second-order valence-electron chi connectivity index (χ2n) is 4.68. The first kappa shape index (κ1) is 17.1. The summed E-state index contributed by atoms with van der Waals surface area (Å²) in [4.78, 5) is 0. The quantitative estimate of drug-likeness (QED) is 0.829. The molecule has 2 aromatic carbocycles. The van der Waals surface area contributed by atoms with E-state index in [1.807, 2.05) is 0 Å². The molecule has 0 saturated heterocycles. The summed E-state index contributed by atoms with van der Waals surface area (Å²) >= 11 is 0. The fraction of sp³-hybridized carbons (Fsp3) is 0.200. The molecule has 0 aliphatic carbocycles. The molecule has 0 aliphatic rings. The van der Waals surface area contributed by atoms with Crippen molar-refractivity contribution in [2.24, 2.45) is 5.73 Å². The van der Waals surface area contributed by atoms with Crippen LogP contribution in [0.2, 0.25) is 0 Å². The van der Waals surface area contributed by atoms with Gasteiger partial charge in [-0.25, -0.2) is 0 Å². The van der Waals surface area contributed by atoms with E-state index in [2.05, 4.69) is 4.74 Å². The van der Waals surface area contributed by atoms with Crippen molar-refractivity contribution in [1.82, 2.24) is 0 Å². The molecular weight excluding hydrogens is 324 g/mol. The van der Waals surface area contributed by atoms with E-state index in [4.69, 9.17) is 5.73 Å². The second kappa shape index (κ2) is 6.11. The van der Waals surface area contributed by atoms with Gasteiger partial charge in [0.15, 0.2) is 0 Å². The minimum atomic E-state index is -4.84. The van der Waals surface area contributed by atoms with Gasteiger partial charge in [0, 0.05) is 0 Å². The van der Waals surface area contributed by atoms with Crippen molar-refractivity contribution >= 4 is 0 Å². The van der Waals surface area contributed by atoms with Crippen molar-refractivity contribution in [2.75, 3.05) is 0 Å². The molecule has 0 fully saturated rings. The summed E-state index contributed by atoms with van der Waals surface area (Å²) in [5.74, 6) is -0.474. The normalized spacial score (nSPS) is 13.7. The van der Waals surface area contributed by atoms with E-state index >= 15 is 0 Å². The highest BCUT2D eigenvalue weighted by molar-refractivity contribution is 5.40. The third-order valence-corrected chi connectivity index (χ3v) is 3.07. The molecule has 0 saturated carbocycles. The Morgan fingerprint density at radius 2 is 1.39 bits per heavy atom. The molecule has 124 valence electrons. The van der Waals surface area contributed by atoms with E-state index < -0.39 is 29.9 Å². The molecule has 0 spiro atoms. The lowest BCUT2D eigenvalue weighted by Gasteiger charge is -2.19. The predicted molar refractivity (Wildman–Crippen MR) is 70.6 cm³/mol. The summed E-state index contributed by atoms with van der Waals surface area (Å²) < 4.78 is 78.9. The lowest BCUT2D eigenvalue weighted by Crippen LogP contribution is -2.19. The third kappa shape index (κ3) is 4.38. The number of alkyl halides is 6. The van der Waals surface area contributed by atoms with Crippen LogP contribution in [0.4, 0.5) is 26.3 Å². The van der Waals surface area contributed by atoms with Crippen LogP contribution in [-0.2, 0) is 6.18 Å². The summed E-state index contributed by atoms with van der Waals surface area (Å²) in [6.45, 7) is 0. The molecule has 0 heterocycles. The van der Waals surface area contributed by atoms with Crippen molar-refractivity contribution < 1.29 is 31.1 Å². The van der Waals surface area contributed by atoms with Crippen LogP contribution < -0.4 is 10.5 Å². The van der Waals surface area contributed by atoms with E-state index in [1.54, 1.807) is 0 Å². The summed E-state index contributed by atoms with van der Waals surface area (Å²) in [6, 6.07) is 8.03. The average Bonchev–Trinajstić information content (AvgIpc) is 2.45. The predicted octanol–water partition coefficient (Wildman–Crippen LogP) is 4.65. The molecule has 0 aromatic heterocycles. The number of halogens is 6. The maximum Gasteiger partial charge on any atom is 0.573 e. The molecule has 2 aromatic rings. The molecule has 1 atom stereocenters. The van der Waals surface area contributed by atoms with Gasteiger partial charge in [-0.2, -0.15) is 13.2 Å². The van der Waals surface area contributed by atoms with Gasteiger partial charge in [0.2, 0.25) is 0 Å². The minimum absolute atomic E-state index is 0.163. The highest BCUT2D eigenvalue weighted by atomic mass is 19.4. The van der Waals surface area contributed by atoms with Gasteiger partial charge in [-0.3, -0.25) is 0 Å². The molecule has 2 nitrogen and oxygen atoms in total. The lowest BCUT2D eigenvalue weighted by molar-refractivity contribution is -0.274. The number of ether oxygens (including phenoxy) is 1. The Hall–Kier alpha value is -2.22. The number of rotatable bonds is 3. The van der Waals surface area contributed by atoms with Crippen LogP contribution in [0.25, 0.3) is 0 Å². The van der Waals surface area contributed by atoms with Crippen LogP contribution in [0.5, 0.6) is 5.75 Å². The van der Waals surface area contributed by atoms with Crippen molar-refractivity contribution in [3.63, 3.8) is 0 Å². The second-order valence-corrected chi connectivity index (χ2v) is 4.68. The SMILES string of the molecule is N[C@@H](c1ccc(OC(F)(F)F)cc1)c1ccccc1C(F)(F)F. The van der Waals surface area contributed by atoms with Crippen molar-refractivity contribution in [3.8, 4) is 5.75 Å². The maximum atomic E-state index is 13.0. The van der Waals surface area contributed by atoms with Crippen molar-refractivity contribution in [1.29, 1.82) is 0 Å². The monoisotopic (exact) mass is 335 g/mol. The molecule has 8 heteroatoms. The number of nitrogens with two attached hydrogens (primary N) is 1. The summed E-state index contributed by atoms with van der Waals surface area (Å²) in [5.41, 5.74) is 5.01. The van der Waals surface area contributed by atoms with Gasteiger partial charge >= 0.3 is 12.5 Å². The average molecular weight is 335 g/mol. The van der Waals surface area contributed by atoms with Crippen LogP contribution in [0.1, 0.15) is 22.7 Å². The van der Waals surface area contributed by atoms with E-state index in [9.17, 15) is 26.3 Å². The summed E-state index contributed by atoms with van der Waals surface area (Å²) in [7, 11) is 0. The maximum absolute atomic E-state index is 13.0. The molecule has 0 radical (unpaired) electrons. The zero-order valence-electron chi connectivity index (χ0n) is 11.4. The Labute approximate surface area is 127 Å². The molecule has 2 rings (SSSR count). The summed E-state index contributed by atoms with van der Waals surface area (Å²) in [5, 5.41) is 0. The van der Waals surface area contributed by atoms with Gasteiger partial charge in [0.1, 0.15) is 5.75 Å². The Kier molecular flexibility index (Phi) is 4.56. The zero-order valence-corrected chi connectivity index (χ0v) is 11.4. The van der Waals surface area contributed by atoms with Crippen LogP contribution in [0.3, 0.4) is 0 Å². The van der Waals surface area contributed by atoms with Crippen molar-refractivity contribution in [2.45, 2.75) is 18.6 Å². The number of hydrogen-bond donors (Lipinski definition) is 1. The molecule has 2 N–H and O–H groups in total. The lowest BCUT2D eigenvalue weighted by atomic mass is 9.95. The largest absolute Gasteiger partial charge is 0.573 e. The Morgan fingerprint density at radius 3 is 1.91 bits per heavy atom. The third-order valence-electron chi connectivity index (χ3n) is 3.07. The van der Waals surface area contributed by atoms with Crippen molar-refractivity contribution in [3.05, 3.63) is 65.2 Å². The van der Waals surface area contributed by atoms with Gasteiger partial charge in [-0.1, -0.05) is 30.3 Å². The number of benzene rings is 2. The fourth-order valence-electron chi connectivity index (χ4n) is 2.08. The van der Waals surface area contributed by atoms with Crippen LogP contribution in [-0.4, -0.2) is 6.36 Å². The highest BCUT2D eigenvalue weighted by Crippen LogP contribution is 2.36. The van der Waals surface area contributed by atoms with E-state index in [-0.39, 0.29) is 11.1 Å². The summed E-state index contributed by atoms with van der Waals surface area (Å²) in [6.07, 6.45) is -9.42. The topological polar surface area (TPSA) is 35.2 Å². The van der Waals surface area contributed by atoms with Gasteiger partial charge in [0.25, 0.3) is 0 Å².